The zero-order chi connectivity index (χ0) is 24.0. The summed E-state index contributed by atoms with van der Waals surface area (Å²) < 4.78 is 26.7. The Morgan fingerprint density at radius 1 is 1.18 bits per heavy atom. The normalized spacial score (nSPS) is 17.1. The lowest BCUT2D eigenvalue weighted by Crippen LogP contribution is -2.30. The molecule has 0 amide bonds. The highest BCUT2D eigenvalue weighted by molar-refractivity contribution is 7.88. The van der Waals surface area contributed by atoms with Crippen LogP contribution in [0.25, 0.3) is 16.7 Å². The minimum Gasteiger partial charge on any atom is -0.371 e. The molecule has 10 nitrogen and oxygen atoms in total. The molecule has 1 atom stereocenters. The Kier molecular flexibility index (Phi) is 5.87. The van der Waals surface area contributed by atoms with E-state index in [1.165, 1.54) is 23.1 Å². The fourth-order valence-electron chi connectivity index (χ4n) is 3.90. The monoisotopic (exact) mass is 472 g/mol. The SMILES string of the molecule is CC(C)(C)c1nc(-n2ccc(=O)[nH]c2=O)c2ccc(N3CC[C@H](CNS(C)(=O)=O)C3)cc2n1. The van der Waals surface area contributed by atoms with Crippen LogP contribution in [0.3, 0.4) is 0 Å². The van der Waals surface area contributed by atoms with Crippen molar-refractivity contribution in [3.63, 3.8) is 0 Å². The molecule has 0 bridgehead atoms. The molecule has 1 aliphatic heterocycles. The summed E-state index contributed by atoms with van der Waals surface area (Å²) in [5, 5.41) is 0.690. The Morgan fingerprint density at radius 2 is 1.94 bits per heavy atom. The van der Waals surface area contributed by atoms with Crippen LogP contribution in [-0.4, -0.2) is 53.8 Å². The number of sulfonamides is 1. The predicted octanol–water partition coefficient (Wildman–Crippen LogP) is 1.14. The second kappa shape index (κ2) is 8.38. The number of aromatic nitrogens is 4. The van der Waals surface area contributed by atoms with Gasteiger partial charge < -0.3 is 4.90 Å². The minimum absolute atomic E-state index is 0.223. The molecule has 1 fully saturated rings. The van der Waals surface area contributed by atoms with Gasteiger partial charge in [-0.1, -0.05) is 20.8 Å². The molecule has 0 aliphatic carbocycles. The maximum absolute atomic E-state index is 12.5. The second-order valence-electron chi connectivity index (χ2n) is 9.52. The van der Waals surface area contributed by atoms with Gasteiger partial charge in [0.05, 0.1) is 11.8 Å². The molecule has 0 radical (unpaired) electrons. The topological polar surface area (TPSA) is 130 Å². The number of benzene rings is 1. The summed E-state index contributed by atoms with van der Waals surface area (Å²) in [6, 6.07) is 7.09. The molecule has 0 spiro atoms. The van der Waals surface area contributed by atoms with Crippen LogP contribution in [0.1, 0.15) is 33.0 Å². The van der Waals surface area contributed by atoms with E-state index in [2.05, 4.69) is 19.6 Å². The molecular weight excluding hydrogens is 444 g/mol. The van der Waals surface area contributed by atoms with Crippen LogP contribution in [0.5, 0.6) is 0 Å². The Labute approximate surface area is 191 Å². The molecule has 0 unspecified atom stereocenters. The van der Waals surface area contributed by atoms with Gasteiger partial charge in [-0.05, 0) is 30.5 Å². The Hall–Kier alpha value is -3.05. The molecule has 1 aliphatic rings. The van der Waals surface area contributed by atoms with Gasteiger partial charge in [-0.25, -0.2) is 27.9 Å². The number of hydrogen-bond donors (Lipinski definition) is 2. The molecular formula is C22H28N6O4S. The smallest absolute Gasteiger partial charge is 0.334 e. The van der Waals surface area contributed by atoms with E-state index < -0.39 is 21.3 Å². The molecule has 176 valence electrons. The lowest BCUT2D eigenvalue weighted by molar-refractivity contribution is 0.545. The van der Waals surface area contributed by atoms with E-state index in [0.717, 1.165) is 25.2 Å². The summed E-state index contributed by atoms with van der Waals surface area (Å²) in [5.41, 5.74) is 0.274. The van der Waals surface area contributed by atoms with Gasteiger partial charge in [0.2, 0.25) is 10.0 Å². The Balaban J connectivity index is 1.75. The number of nitrogens with one attached hydrogen (secondary N) is 2. The molecule has 1 saturated heterocycles. The van der Waals surface area contributed by atoms with Crippen molar-refractivity contribution in [2.45, 2.75) is 32.6 Å². The number of nitrogens with zero attached hydrogens (tertiary/aromatic N) is 4. The summed E-state index contributed by atoms with van der Waals surface area (Å²) in [7, 11) is -3.21. The van der Waals surface area contributed by atoms with Crippen molar-refractivity contribution >= 4 is 26.6 Å². The van der Waals surface area contributed by atoms with E-state index in [4.69, 9.17) is 4.98 Å². The summed E-state index contributed by atoms with van der Waals surface area (Å²) in [6.45, 7) is 7.95. The van der Waals surface area contributed by atoms with Gasteiger partial charge in [-0.3, -0.25) is 14.3 Å². The molecule has 3 heterocycles. The predicted molar refractivity (Wildman–Crippen MR) is 128 cm³/mol. The van der Waals surface area contributed by atoms with Gasteiger partial charge in [0.1, 0.15) is 5.82 Å². The van der Waals surface area contributed by atoms with Crippen molar-refractivity contribution in [1.82, 2.24) is 24.2 Å². The van der Waals surface area contributed by atoms with Crippen LogP contribution >= 0.6 is 0 Å². The van der Waals surface area contributed by atoms with E-state index >= 15 is 0 Å². The maximum atomic E-state index is 12.5. The first-order chi connectivity index (χ1) is 15.4. The first-order valence-corrected chi connectivity index (χ1v) is 12.6. The molecule has 4 rings (SSSR count). The summed E-state index contributed by atoms with van der Waals surface area (Å²) >= 11 is 0. The summed E-state index contributed by atoms with van der Waals surface area (Å²) in [5.74, 6) is 1.22. The highest BCUT2D eigenvalue weighted by Gasteiger charge is 2.25. The van der Waals surface area contributed by atoms with Gasteiger partial charge >= 0.3 is 5.69 Å². The Morgan fingerprint density at radius 3 is 2.61 bits per heavy atom. The molecule has 2 aromatic heterocycles. The average Bonchev–Trinajstić information content (AvgIpc) is 3.19. The van der Waals surface area contributed by atoms with Crippen LogP contribution in [0.15, 0.2) is 40.1 Å². The third-order valence-electron chi connectivity index (χ3n) is 5.67. The van der Waals surface area contributed by atoms with Crippen molar-refractivity contribution in [1.29, 1.82) is 0 Å². The first kappa shape index (κ1) is 23.1. The molecule has 0 saturated carbocycles. The van der Waals surface area contributed by atoms with Crippen LogP contribution in [0, 0.1) is 5.92 Å². The van der Waals surface area contributed by atoms with Crippen molar-refractivity contribution in [2.75, 3.05) is 30.8 Å². The quantitative estimate of drug-likeness (QED) is 0.569. The molecule has 33 heavy (non-hydrogen) atoms. The molecule has 11 heteroatoms. The number of anilines is 1. The van der Waals surface area contributed by atoms with Gasteiger partial charge in [0, 0.05) is 48.4 Å². The molecule has 1 aromatic carbocycles. The summed E-state index contributed by atoms with van der Waals surface area (Å²) in [4.78, 5) is 38.0. The molecule has 3 aromatic rings. The zero-order valence-electron chi connectivity index (χ0n) is 19.1. The fourth-order valence-corrected chi connectivity index (χ4v) is 4.44. The standard InChI is InChI=1S/C22H28N6O4S/c1-22(2,3)20-24-17-11-15(27-9-7-14(13-27)12-23-33(4,31)32)5-6-16(17)19(26-20)28-10-8-18(29)25-21(28)30/h5-6,8,10-11,14,23H,7,9,12-13H2,1-4H3,(H,25,29,30)/t14-/m1/s1. The van der Waals surface area contributed by atoms with Crippen molar-refractivity contribution in [3.05, 3.63) is 57.1 Å². The number of aromatic amines is 1. The average molecular weight is 473 g/mol. The van der Waals surface area contributed by atoms with E-state index in [9.17, 15) is 18.0 Å². The van der Waals surface area contributed by atoms with E-state index in [1.807, 2.05) is 39.0 Å². The van der Waals surface area contributed by atoms with Crippen LogP contribution in [-0.2, 0) is 15.4 Å². The van der Waals surface area contributed by atoms with E-state index in [0.29, 0.717) is 29.1 Å². The van der Waals surface area contributed by atoms with Gasteiger partial charge in [-0.15, -0.1) is 0 Å². The largest absolute Gasteiger partial charge is 0.371 e. The highest BCUT2D eigenvalue weighted by atomic mass is 32.2. The van der Waals surface area contributed by atoms with Crippen LogP contribution < -0.4 is 20.9 Å². The van der Waals surface area contributed by atoms with Gasteiger partial charge in [0.15, 0.2) is 5.82 Å². The lowest BCUT2D eigenvalue weighted by atomic mass is 9.95. The van der Waals surface area contributed by atoms with Gasteiger partial charge in [-0.2, -0.15) is 0 Å². The van der Waals surface area contributed by atoms with Crippen molar-refractivity contribution in [2.24, 2.45) is 5.92 Å². The third-order valence-corrected chi connectivity index (χ3v) is 6.36. The lowest BCUT2D eigenvalue weighted by Gasteiger charge is -2.22. The molecule has 2 N–H and O–H groups in total. The zero-order valence-corrected chi connectivity index (χ0v) is 19.9. The van der Waals surface area contributed by atoms with Gasteiger partial charge in [0.25, 0.3) is 5.56 Å². The number of hydrogen-bond acceptors (Lipinski definition) is 7. The van der Waals surface area contributed by atoms with E-state index in [1.54, 1.807) is 0 Å². The minimum atomic E-state index is -3.21. The first-order valence-electron chi connectivity index (χ1n) is 10.7. The van der Waals surface area contributed by atoms with E-state index in [-0.39, 0.29) is 11.3 Å². The van der Waals surface area contributed by atoms with Crippen molar-refractivity contribution < 1.29 is 8.42 Å². The number of rotatable bonds is 5. The highest BCUT2D eigenvalue weighted by Crippen LogP contribution is 2.30. The second-order valence-corrected chi connectivity index (χ2v) is 11.4. The van der Waals surface area contributed by atoms with Crippen LogP contribution in [0.2, 0.25) is 0 Å². The van der Waals surface area contributed by atoms with Crippen molar-refractivity contribution in [3.8, 4) is 5.82 Å². The van der Waals surface area contributed by atoms with Crippen LogP contribution in [0.4, 0.5) is 5.69 Å². The third kappa shape index (κ3) is 5.14. The Bertz CT molecular complexity index is 1420. The summed E-state index contributed by atoms with van der Waals surface area (Å²) in [6.07, 6.45) is 3.47. The maximum Gasteiger partial charge on any atom is 0.334 e. The fraction of sp³-hybridized carbons (Fsp3) is 0.455. The number of H-pyrrole nitrogens is 1. The number of fused-ring (bicyclic) bond motifs is 1.